The number of hydrogen-bond acceptors (Lipinski definition) is 18. The molecular weight excluding hydrogens is 925 g/mol. The lowest BCUT2D eigenvalue weighted by Crippen LogP contribution is -1.98. The molecule has 10 aromatic rings. The van der Waals surface area contributed by atoms with Gasteiger partial charge in [-0.2, -0.15) is 0 Å². The van der Waals surface area contributed by atoms with Crippen LogP contribution in [-0.2, 0) is 0 Å². The van der Waals surface area contributed by atoms with Gasteiger partial charge in [0.05, 0.1) is 72.7 Å². The molecule has 6 N–H and O–H groups in total. The van der Waals surface area contributed by atoms with Gasteiger partial charge in [-0.25, -0.2) is 0 Å². The highest BCUT2D eigenvalue weighted by atomic mass is 16.5. The Morgan fingerprint density at radius 3 is 0.528 bits per heavy atom. The van der Waals surface area contributed by atoms with Gasteiger partial charge in [-0.1, -0.05) is 0 Å². The van der Waals surface area contributed by atoms with Gasteiger partial charge >= 0.3 is 0 Å². The fourth-order valence-corrected chi connectivity index (χ4v) is 7.14. The first-order chi connectivity index (χ1) is 34.9. The molecule has 4 heterocycles. The van der Waals surface area contributed by atoms with Gasteiger partial charge in [-0.3, -0.25) is 29.9 Å². The average Bonchev–Trinajstić information content (AvgIpc) is 3.37. The highest BCUT2D eigenvalue weighted by Crippen LogP contribution is 2.38. The van der Waals surface area contributed by atoms with Crippen LogP contribution in [0.3, 0.4) is 0 Å². The third-order valence-corrected chi connectivity index (χ3v) is 10.6. The van der Waals surface area contributed by atoms with E-state index in [1.807, 2.05) is 41.5 Å². The van der Waals surface area contributed by atoms with Gasteiger partial charge in [0, 0.05) is 106 Å². The monoisotopic (exact) mass is 978 g/mol. The smallest absolute Gasteiger partial charge is 0.167 e. The molecule has 10 rings (SSSR count). The second-order valence-corrected chi connectivity index (χ2v) is 15.3. The molecule has 0 aliphatic rings. The predicted octanol–water partition coefficient (Wildman–Crippen LogP) is 10.7. The maximum atomic E-state index is 11.3. The molecule has 18 nitrogen and oxygen atoms in total. The van der Waals surface area contributed by atoms with Crippen LogP contribution in [-0.4, -0.2) is 100 Å². The van der Waals surface area contributed by atoms with E-state index in [9.17, 15) is 30.6 Å². The summed E-state index contributed by atoms with van der Waals surface area (Å²) in [6.45, 7) is 12.8. The lowest BCUT2D eigenvalue weighted by Gasteiger charge is -2.11. The summed E-state index contributed by atoms with van der Waals surface area (Å²) < 4.78 is 35.2. The Balaban J connectivity index is 1.59. The Bertz CT molecular complexity index is 2920. The molecule has 6 aromatic carbocycles. The minimum atomic E-state index is -0.496. The molecule has 0 unspecified atom stereocenters. The van der Waals surface area contributed by atoms with E-state index in [4.69, 9.17) is 28.4 Å². The molecule has 0 radical (unpaired) electrons. The van der Waals surface area contributed by atoms with E-state index in [-0.39, 0.29) is 65.4 Å². The molecule has 0 fully saturated rings. The zero-order valence-corrected chi connectivity index (χ0v) is 40.5. The van der Waals surface area contributed by atoms with Crippen molar-refractivity contribution >= 4 is 65.4 Å². The maximum Gasteiger partial charge on any atom is 0.167 e. The number of hydrogen-bond donors (Lipinski definition) is 6. The van der Waals surface area contributed by atoms with Crippen LogP contribution in [0.2, 0.25) is 0 Å². The molecule has 6 bridgehead atoms. The third-order valence-electron chi connectivity index (χ3n) is 10.6. The molecule has 0 atom stereocenters. The number of fused-ring (bicyclic) bond motifs is 3. The minimum absolute atomic E-state index is 0.141. The first kappa shape index (κ1) is 50.8. The molecule has 0 saturated carbocycles. The van der Waals surface area contributed by atoms with Crippen LogP contribution in [0.5, 0.6) is 69.0 Å². The number of rotatable bonds is 12. The summed E-state index contributed by atoms with van der Waals surface area (Å²) in [5, 5.41) is 68.5. The summed E-state index contributed by atoms with van der Waals surface area (Å²) in [6.07, 6.45) is 8.02. The van der Waals surface area contributed by atoms with Crippen molar-refractivity contribution in [1.82, 2.24) is 29.9 Å². The van der Waals surface area contributed by atoms with E-state index in [0.29, 0.717) is 74.1 Å². The van der Waals surface area contributed by atoms with E-state index >= 15 is 0 Å². The molecule has 4 aromatic heterocycles. The van der Waals surface area contributed by atoms with Crippen LogP contribution in [0, 0.1) is 0 Å². The summed E-state index contributed by atoms with van der Waals surface area (Å²) in [7, 11) is 0. The van der Waals surface area contributed by atoms with Gasteiger partial charge in [0.1, 0.15) is 0 Å². The Labute approximate surface area is 413 Å². The predicted molar refractivity (Wildman–Crippen MR) is 275 cm³/mol. The molecule has 0 amide bonds. The van der Waals surface area contributed by atoms with E-state index in [1.54, 1.807) is 36.4 Å². The maximum absolute atomic E-state index is 11.3. The average molecular weight is 979 g/mol. The van der Waals surface area contributed by atoms with Crippen molar-refractivity contribution in [2.45, 2.75) is 41.5 Å². The highest BCUT2D eigenvalue weighted by molar-refractivity contribution is 5.86. The largest absolute Gasteiger partial charge is 0.504 e. The summed E-state index contributed by atoms with van der Waals surface area (Å²) >= 11 is 0. The van der Waals surface area contributed by atoms with Gasteiger partial charge in [0.15, 0.2) is 69.0 Å². The van der Waals surface area contributed by atoms with Crippen molar-refractivity contribution in [3.05, 3.63) is 110 Å². The highest BCUT2D eigenvalue weighted by Gasteiger charge is 2.13. The normalized spacial score (nSPS) is 10.8. The van der Waals surface area contributed by atoms with Crippen molar-refractivity contribution < 1.29 is 59.1 Å². The number of aromatic nitrogens is 6. The third kappa shape index (κ3) is 11.5. The molecule has 72 heavy (non-hydrogen) atoms. The molecule has 0 spiro atoms. The zero-order chi connectivity index (χ0) is 51.3. The first-order valence-corrected chi connectivity index (χ1v) is 23.1. The number of aromatic hydroxyl groups is 6. The summed E-state index contributed by atoms with van der Waals surface area (Å²) in [5.41, 5.74) is 1.60. The lowest BCUT2D eigenvalue weighted by atomic mass is 10.2. The van der Waals surface area contributed by atoms with Crippen LogP contribution in [0.1, 0.15) is 41.5 Å². The van der Waals surface area contributed by atoms with Crippen molar-refractivity contribution in [3.8, 4) is 69.0 Å². The Morgan fingerprint density at radius 1 is 0.264 bits per heavy atom. The molecular formula is C54H54N6O12. The van der Waals surface area contributed by atoms with Crippen molar-refractivity contribution in [2.75, 3.05) is 39.6 Å². The van der Waals surface area contributed by atoms with E-state index in [1.165, 1.54) is 73.6 Å². The van der Waals surface area contributed by atoms with Gasteiger partial charge < -0.3 is 59.1 Å². The molecule has 0 saturated heterocycles. The summed E-state index contributed by atoms with van der Waals surface area (Å²) in [6, 6.07) is 18.9. The molecule has 0 aliphatic heterocycles. The number of phenols is 6. The van der Waals surface area contributed by atoms with Crippen LogP contribution in [0.4, 0.5) is 0 Å². The van der Waals surface area contributed by atoms with E-state index in [0.717, 1.165) is 0 Å². The number of benzene rings is 6. The van der Waals surface area contributed by atoms with Crippen LogP contribution in [0.25, 0.3) is 65.4 Å². The van der Waals surface area contributed by atoms with Crippen molar-refractivity contribution in [3.63, 3.8) is 0 Å². The summed E-state index contributed by atoms with van der Waals surface area (Å²) in [4.78, 5) is 27.8. The summed E-state index contributed by atoms with van der Waals surface area (Å²) in [5.74, 6) is -0.734. The van der Waals surface area contributed by atoms with E-state index < -0.39 is 34.5 Å². The standard InChI is InChI=1S/C54H54N6O12/c1-7-67-43-19-37-38(20-44(43)68-8-2)56-26-32-15-16-34(52(64)50(32)62)28-58-41-23-47(71-11-5)48(72-12-6)24-42(41)60-30-36-18-17-35(53(65)54(36)66)29-59-40-22-46(70-10-4)45(69-9-3)21-39(40)57-27-33-14-13-31(25-55-37)49(61)51(33)63/h13-30,61-66H,7-12H2,1-6H3. The van der Waals surface area contributed by atoms with Crippen LogP contribution >= 0.6 is 0 Å². The molecule has 0 aliphatic carbocycles. The second kappa shape index (κ2) is 23.5. The fraction of sp³-hybridized carbons (Fsp3) is 0.222. The topological polar surface area (TPSA) is 254 Å². The Morgan fingerprint density at radius 2 is 0.403 bits per heavy atom. The quantitative estimate of drug-likeness (QED) is 0.0622. The van der Waals surface area contributed by atoms with Gasteiger partial charge in [-0.05, 0) is 77.9 Å². The number of nitrogens with zero attached hydrogens (tertiary/aromatic N) is 6. The second-order valence-electron chi connectivity index (χ2n) is 15.3. The van der Waals surface area contributed by atoms with Gasteiger partial charge in [0.25, 0.3) is 0 Å². The Kier molecular flexibility index (Phi) is 16.6. The fourth-order valence-electron chi connectivity index (χ4n) is 7.14. The van der Waals surface area contributed by atoms with Crippen LogP contribution in [0.15, 0.2) is 110 Å². The van der Waals surface area contributed by atoms with E-state index in [2.05, 4.69) is 29.9 Å². The van der Waals surface area contributed by atoms with Crippen molar-refractivity contribution in [2.24, 2.45) is 0 Å². The number of ether oxygens (including phenoxy) is 6. The molecule has 372 valence electrons. The first-order valence-electron chi connectivity index (χ1n) is 23.1. The SMILES string of the molecule is CCOc1cc2ncc3ccc(cnc4cc(OCC)c(OCC)cc4ncc4ccc(cnc5cc(OCC)c(OCC)cc5ncc5ccc(cnc2cc1OCC)c(O)c5O)c(O)c4O)c(O)c3O. The minimum Gasteiger partial charge on any atom is -0.504 e. The molecule has 18 heteroatoms. The lowest BCUT2D eigenvalue weighted by molar-refractivity contribution is 0.288. The van der Waals surface area contributed by atoms with Gasteiger partial charge in [-0.15, -0.1) is 0 Å². The Hall–Kier alpha value is -9.06. The van der Waals surface area contributed by atoms with Gasteiger partial charge in [0.2, 0.25) is 0 Å². The van der Waals surface area contributed by atoms with Crippen LogP contribution < -0.4 is 28.4 Å². The van der Waals surface area contributed by atoms with Crippen molar-refractivity contribution in [1.29, 1.82) is 0 Å². The zero-order valence-electron chi connectivity index (χ0n) is 40.5. The number of phenolic OH excluding ortho intramolecular Hbond substituents is 6.